The van der Waals surface area contributed by atoms with Gasteiger partial charge in [-0.15, -0.1) is 5.10 Å². The number of pyridine rings is 1. The SMILES string of the molecule is CCc1nc2ccc(C(F)F)c(Cl)n2n1. The molecule has 0 amide bonds. The topological polar surface area (TPSA) is 30.2 Å². The van der Waals surface area contributed by atoms with Crippen LogP contribution in [0, 0.1) is 0 Å². The summed E-state index contributed by atoms with van der Waals surface area (Å²) in [5.41, 5.74) is 0.262. The fourth-order valence-electron chi connectivity index (χ4n) is 1.29. The number of alkyl halides is 2. The molecule has 0 aliphatic heterocycles. The Kier molecular flexibility index (Phi) is 2.56. The molecule has 0 N–H and O–H groups in total. The number of aromatic nitrogens is 3. The van der Waals surface area contributed by atoms with Gasteiger partial charge in [0.15, 0.2) is 11.5 Å². The van der Waals surface area contributed by atoms with E-state index in [4.69, 9.17) is 11.6 Å². The molecule has 0 aliphatic rings. The number of fused-ring (bicyclic) bond motifs is 1. The number of rotatable bonds is 2. The second-order valence-corrected chi connectivity index (χ2v) is 3.39. The van der Waals surface area contributed by atoms with Crippen molar-refractivity contribution in [1.82, 2.24) is 14.6 Å². The van der Waals surface area contributed by atoms with Crippen LogP contribution in [0.15, 0.2) is 12.1 Å². The number of nitrogens with zero attached hydrogens (tertiary/aromatic N) is 3. The van der Waals surface area contributed by atoms with Crippen LogP contribution in [0.5, 0.6) is 0 Å². The molecule has 3 nitrogen and oxygen atoms in total. The third-order valence-electron chi connectivity index (χ3n) is 2.06. The average molecular weight is 232 g/mol. The van der Waals surface area contributed by atoms with Crippen LogP contribution in [0.3, 0.4) is 0 Å². The second-order valence-electron chi connectivity index (χ2n) is 3.03. The van der Waals surface area contributed by atoms with Gasteiger partial charge in [0.05, 0.1) is 5.56 Å². The van der Waals surface area contributed by atoms with E-state index in [1.807, 2.05) is 6.92 Å². The number of hydrogen-bond donors (Lipinski definition) is 0. The van der Waals surface area contributed by atoms with Gasteiger partial charge < -0.3 is 0 Å². The van der Waals surface area contributed by atoms with Crippen molar-refractivity contribution < 1.29 is 8.78 Å². The minimum absolute atomic E-state index is 0.0744. The van der Waals surface area contributed by atoms with Crippen LogP contribution in [0.4, 0.5) is 8.78 Å². The minimum Gasteiger partial charge on any atom is -0.212 e. The number of hydrogen-bond acceptors (Lipinski definition) is 2. The van der Waals surface area contributed by atoms with E-state index in [0.29, 0.717) is 17.9 Å². The molecule has 15 heavy (non-hydrogen) atoms. The summed E-state index contributed by atoms with van der Waals surface area (Å²) >= 11 is 5.79. The molecule has 0 saturated carbocycles. The molecule has 0 bridgehead atoms. The summed E-state index contributed by atoms with van der Waals surface area (Å²) in [6.07, 6.45) is -1.96. The van der Waals surface area contributed by atoms with Crippen molar-refractivity contribution >= 4 is 17.2 Å². The van der Waals surface area contributed by atoms with E-state index in [1.54, 1.807) is 0 Å². The van der Waals surface area contributed by atoms with Gasteiger partial charge in [0.2, 0.25) is 0 Å². The molecule has 0 spiro atoms. The maximum absolute atomic E-state index is 12.5. The highest BCUT2D eigenvalue weighted by Crippen LogP contribution is 2.27. The largest absolute Gasteiger partial charge is 0.266 e. The first-order chi connectivity index (χ1) is 7.13. The fraction of sp³-hybridized carbons (Fsp3) is 0.333. The van der Waals surface area contributed by atoms with Gasteiger partial charge in [-0.2, -0.15) is 0 Å². The monoisotopic (exact) mass is 231 g/mol. The lowest BCUT2D eigenvalue weighted by atomic mass is 10.3. The Hall–Kier alpha value is -1.23. The van der Waals surface area contributed by atoms with Gasteiger partial charge >= 0.3 is 0 Å². The Morgan fingerprint density at radius 1 is 1.47 bits per heavy atom. The Morgan fingerprint density at radius 3 is 2.80 bits per heavy atom. The zero-order chi connectivity index (χ0) is 11.0. The normalized spacial score (nSPS) is 11.5. The molecule has 6 heteroatoms. The van der Waals surface area contributed by atoms with Crippen molar-refractivity contribution in [1.29, 1.82) is 0 Å². The van der Waals surface area contributed by atoms with Gasteiger partial charge in [-0.05, 0) is 12.1 Å². The van der Waals surface area contributed by atoms with Gasteiger partial charge in [-0.1, -0.05) is 18.5 Å². The molecule has 0 unspecified atom stereocenters. The van der Waals surface area contributed by atoms with E-state index in [0.717, 1.165) is 0 Å². The van der Waals surface area contributed by atoms with Crippen LogP contribution in [-0.4, -0.2) is 14.6 Å². The van der Waals surface area contributed by atoms with Gasteiger partial charge in [-0.3, -0.25) is 0 Å². The molecule has 0 saturated heterocycles. The molecule has 2 rings (SSSR count). The molecule has 0 aliphatic carbocycles. The molecule has 2 aromatic rings. The fourth-order valence-corrected chi connectivity index (χ4v) is 1.56. The smallest absolute Gasteiger partial charge is 0.212 e. The minimum atomic E-state index is -2.60. The summed E-state index contributed by atoms with van der Waals surface area (Å²) in [6, 6.07) is 2.76. The van der Waals surface area contributed by atoms with Gasteiger partial charge in [0, 0.05) is 6.42 Å². The van der Waals surface area contributed by atoms with Crippen LogP contribution < -0.4 is 0 Å². The van der Waals surface area contributed by atoms with Gasteiger partial charge in [0.1, 0.15) is 5.15 Å². The van der Waals surface area contributed by atoms with Crippen molar-refractivity contribution in [3.05, 3.63) is 28.7 Å². The molecule has 0 fully saturated rings. The molecule has 80 valence electrons. The maximum atomic E-state index is 12.5. The van der Waals surface area contributed by atoms with Crippen molar-refractivity contribution in [2.24, 2.45) is 0 Å². The lowest BCUT2D eigenvalue weighted by Gasteiger charge is -2.03. The van der Waals surface area contributed by atoms with E-state index in [9.17, 15) is 8.78 Å². The summed E-state index contributed by atoms with van der Waals surface area (Å²) in [4.78, 5) is 4.11. The maximum Gasteiger partial charge on any atom is 0.266 e. The summed E-state index contributed by atoms with van der Waals surface area (Å²) in [6.45, 7) is 1.89. The highest BCUT2D eigenvalue weighted by molar-refractivity contribution is 6.30. The molecular formula is C9H8ClF2N3. The molecule has 0 aromatic carbocycles. The van der Waals surface area contributed by atoms with Crippen molar-refractivity contribution in [3.8, 4) is 0 Å². The number of halogens is 3. The Bertz CT molecular complexity index is 495. The summed E-state index contributed by atoms with van der Waals surface area (Å²) in [5.74, 6) is 0.586. The lowest BCUT2D eigenvalue weighted by Crippen LogP contribution is -1.96. The second kappa shape index (κ2) is 3.73. The predicted molar refractivity (Wildman–Crippen MR) is 52.3 cm³/mol. The first kappa shape index (κ1) is 10.3. The molecule has 0 atom stereocenters. The van der Waals surface area contributed by atoms with E-state index in [-0.39, 0.29) is 10.7 Å². The van der Waals surface area contributed by atoms with Crippen molar-refractivity contribution in [3.63, 3.8) is 0 Å². The zero-order valence-electron chi connectivity index (χ0n) is 7.91. The van der Waals surface area contributed by atoms with Crippen LogP contribution in [0.25, 0.3) is 5.65 Å². The number of aryl methyl sites for hydroxylation is 1. The van der Waals surface area contributed by atoms with Gasteiger partial charge in [0.25, 0.3) is 6.43 Å². The van der Waals surface area contributed by atoms with E-state index in [2.05, 4.69) is 10.1 Å². The van der Waals surface area contributed by atoms with Crippen molar-refractivity contribution in [2.75, 3.05) is 0 Å². The quantitative estimate of drug-likeness (QED) is 0.744. The average Bonchev–Trinajstić information content (AvgIpc) is 2.61. The Balaban J connectivity index is 2.67. The van der Waals surface area contributed by atoms with Crippen LogP contribution in [0.1, 0.15) is 24.7 Å². The third kappa shape index (κ3) is 1.67. The molecule has 2 aromatic heterocycles. The summed E-state index contributed by atoms with van der Waals surface area (Å²) in [7, 11) is 0. The standard InChI is InChI=1S/C9H8ClF2N3/c1-2-6-13-7-4-3-5(9(11)12)8(10)15(7)14-6/h3-4,9H,2H2,1H3. The van der Waals surface area contributed by atoms with E-state index in [1.165, 1.54) is 16.6 Å². The van der Waals surface area contributed by atoms with E-state index >= 15 is 0 Å². The Morgan fingerprint density at radius 2 is 2.20 bits per heavy atom. The summed E-state index contributed by atoms with van der Waals surface area (Å²) < 4.78 is 26.2. The Labute approximate surface area is 89.7 Å². The van der Waals surface area contributed by atoms with Crippen LogP contribution >= 0.6 is 11.6 Å². The van der Waals surface area contributed by atoms with Crippen LogP contribution in [-0.2, 0) is 6.42 Å². The highest BCUT2D eigenvalue weighted by atomic mass is 35.5. The third-order valence-corrected chi connectivity index (χ3v) is 2.44. The molecular weight excluding hydrogens is 224 g/mol. The van der Waals surface area contributed by atoms with E-state index < -0.39 is 6.43 Å². The predicted octanol–water partition coefficient (Wildman–Crippen LogP) is 2.88. The lowest BCUT2D eigenvalue weighted by molar-refractivity contribution is 0.151. The molecule has 0 radical (unpaired) electrons. The van der Waals surface area contributed by atoms with Gasteiger partial charge in [-0.25, -0.2) is 18.3 Å². The van der Waals surface area contributed by atoms with Crippen LogP contribution in [0.2, 0.25) is 5.15 Å². The molecule has 2 heterocycles. The first-order valence-corrected chi connectivity index (χ1v) is 4.83. The first-order valence-electron chi connectivity index (χ1n) is 4.45. The summed E-state index contributed by atoms with van der Waals surface area (Å²) in [5, 5.41) is 3.94. The zero-order valence-corrected chi connectivity index (χ0v) is 8.67. The highest BCUT2D eigenvalue weighted by Gasteiger charge is 2.16. The van der Waals surface area contributed by atoms with Crippen molar-refractivity contribution in [2.45, 2.75) is 19.8 Å².